The third-order valence-electron chi connectivity index (χ3n) is 4.16. The number of halogens is 1. The number of carbonyl (C=O) groups excluding carboxylic acids is 2. The van der Waals surface area contributed by atoms with E-state index < -0.39 is 6.10 Å². The van der Waals surface area contributed by atoms with Crippen LogP contribution in [-0.2, 0) is 4.79 Å². The summed E-state index contributed by atoms with van der Waals surface area (Å²) in [4.78, 5) is 26.3. The number of hydrogen-bond acceptors (Lipinski definition) is 4. The van der Waals surface area contributed by atoms with E-state index in [0.717, 1.165) is 5.56 Å². The van der Waals surface area contributed by atoms with E-state index in [9.17, 15) is 19.1 Å². The summed E-state index contributed by atoms with van der Waals surface area (Å²) in [5, 5.41) is 12.4. The molecule has 6 nitrogen and oxygen atoms in total. The van der Waals surface area contributed by atoms with Crippen molar-refractivity contribution in [1.82, 2.24) is 15.1 Å². The maximum Gasteiger partial charge on any atom is 0.324 e. The SMILES string of the molecule is O=C1CNC(=O)N1CCN1C[C@@H](O)C[C@H]1c1cccc(F)c1. The minimum Gasteiger partial charge on any atom is -0.392 e. The lowest BCUT2D eigenvalue weighted by atomic mass is 10.0. The number of likely N-dealkylation sites (tertiary alicyclic amines) is 1. The predicted molar refractivity (Wildman–Crippen MR) is 76.4 cm³/mol. The summed E-state index contributed by atoms with van der Waals surface area (Å²) in [6, 6.07) is 5.83. The number of β-amino-alcohol motifs (C(OH)–C–C–N with tert-alkyl or cyclic N) is 1. The number of rotatable bonds is 4. The zero-order valence-corrected chi connectivity index (χ0v) is 12.0. The second-order valence-electron chi connectivity index (χ2n) is 5.66. The van der Waals surface area contributed by atoms with E-state index in [0.29, 0.717) is 19.5 Å². The molecule has 0 aromatic heterocycles. The summed E-state index contributed by atoms with van der Waals surface area (Å²) in [5.74, 6) is -0.556. The maximum absolute atomic E-state index is 13.4. The third-order valence-corrected chi connectivity index (χ3v) is 4.16. The van der Waals surface area contributed by atoms with Crippen molar-refractivity contribution in [2.24, 2.45) is 0 Å². The zero-order chi connectivity index (χ0) is 15.7. The molecule has 0 saturated carbocycles. The molecule has 2 N–H and O–H groups in total. The molecule has 0 unspecified atom stereocenters. The van der Waals surface area contributed by atoms with Gasteiger partial charge in [0.05, 0.1) is 12.6 Å². The van der Waals surface area contributed by atoms with Crippen LogP contribution in [0.1, 0.15) is 18.0 Å². The lowest BCUT2D eigenvalue weighted by Crippen LogP contribution is -2.39. The highest BCUT2D eigenvalue weighted by Crippen LogP contribution is 2.32. The van der Waals surface area contributed by atoms with Crippen molar-refractivity contribution < 1.29 is 19.1 Å². The second-order valence-corrected chi connectivity index (χ2v) is 5.66. The van der Waals surface area contributed by atoms with Crippen LogP contribution in [-0.4, -0.2) is 59.1 Å². The number of aliphatic hydroxyl groups excluding tert-OH is 1. The quantitative estimate of drug-likeness (QED) is 0.794. The molecule has 2 saturated heterocycles. The van der Waals surface area contributed by atoms with Gasteiger partial charge in [-0.05, 0) is 24.1 Å². The molecule has 2 aliphatic heterocycles. The number of nitrogens with one attached hydrogen (secondary N) is 1. The number of amides is 3. The molecular weight excluding hydrogens is 289 g/mol. The number of carbonyl (C=O) groups is 2. The smallest absolute Gasteiger partial charge is 0.324 e. The van der Waals surface area contributed by atoms with Crippen molar-refractivity contribution in [2.75, 3.05) is 26.2 Å². The van der Waals surface area contributed by atoms with Crippen LogP contribution >= 0.6 is 0 Å². The largest absolute Gasteiger partial charge is 0.392 e. The first kappa shape index (κ1) is 14.9. The Morgan fingerprint density at radius 1 is 1.32 bits per heavy atom. The van der Waals surface area contributed by atoms with Crippen molar-refractivity contribution in [3.63, 3.8) is 0 Å². The van der Waals surface area contributed by atoms with Gasteiger partial charge in [0.25, 0.3) is 0 Å². The van der Waals surface area contributed by atoms with Gasteiger partial charge in [0.15, 0.2) is 0 Å². The van der Waals surface area contributed by atoms with E-state index in [1.54, 1.807) is 6.07 Å². The minimum absolute atomic E-state index is 0.0365. The highest BCUT2D eigenvalue weighted by molar-refractivity contribution is 6.01. The number of benzene rings is 1. The Balaban J connectivity index is 1.69. The van der Waals surface area contributed by atoms with E-state index in [1.165, 1.54) is 17.0 Å². The fraction of sp³-hybridized carbons (Fsp3) is 0.467. The first-order chi connectivity index (χ1) is 10.5. The van der Waals surface area contributed by atoms with Crippen LogP contribution in [0.3, 0.4) is 0 Å². The Morgan fingerprint density at radius 3 is 2.82 bits per heavy atom. The molecule has 2 aliphatic rings. The van der Waals surface area contributed by atoms with Crippen molar-refractivity contribution in [3.8, 4) is 0 Å². The van der Waals surface area contributed by atoms with Gasteiger partial charge in [-0.3, -0.25) is 14.6 Å². The molecule has 1 aromatic rings. The fourth-order valence-corrected chi connectivity index (χ4v) is 3.10. The molecule has 0 bridgehead atoms. The van der Waals surface area contributed by atoms with Gasteiger partial charge in [0, 0.05) is 25.7 Å². The minimum atomic E-state index is -0.489. The van der Waals surface area contributed by atoms with E-state index in [2.05, 4.69) is 5.32 Å². The van der Waals surface area contributed by atoms with Crippen LogP contribution < -0.4 is 5.32 Å². The topological polar surface area (TPSA) is 72.9 Å². The summed E-state index contributed by atoms with van der Waals surface area (Å²) in [6.45, 7) is 1.21. The highest BCUT2D eigenvalue weighted by Gasteiger charge is 2.34. The number of urea groups is 1. The van der Waals surface area contributed by atoms with Gasteiger partial charge in [0.1, 0.15) is 5.82 Å². The normalized spacial score (nSPS) is 25.8. The standard InChI is InChI=1S/C15H18FN3O3/c16-11-3-1-2-10(6-11)13-7-12(20)9-18(13)4-5-19-14(21)8-17-15(19)22/h1-3,6,12-13,20H,4-5,7-9H2,(H,17,22)/t12-,13-/m0/s1. The zero-order valence-electron chi connectivity index (χ0n) is 12.0. The van der Waals surface area contributed by atoms with Gasteiger partial charge in [-0.2, -0.15) is 0 Å². The van der Waals surface area contributed by atoms with E-state index in [4.69, 9.17) is 0 Å². The lowest BCUT2D eigenvalue weighted by molar-refractivity contribution is -0.125. The molecule has 1 aromatic carbocycles. The average molecular weight is 307 g/mol. The van der Waals surface area contributed by atoms with Gasteiger partial charge < -0.3 is 10.4 Å². The van der Waals surface area contributed by atoms with Crippen LogP contribution in [0.5, 0.6) is 0 Å². The van der Waals surface area contributed by atoms with Crippen LogP contribution in [0.4, 0.5) is 9.18 Å². The van der Waals surface area contributed by atoms with E-state index in [-0.39, 0.29) is 36.9 Å². The molecule has 7 heteroatoms. The molecule has 3 amide bonds. The molecular formula is C15H18FN3O3. The Morgan fingerprint density at radius 2 is 2.14 bits per heavy atom. The Labute approximate surface area is 127 Å². The number of aliphatic hydroxyl groups is 1. The Bertz CT molecular complexity index is 579. The Hall–Kier alpha value is -1.99. The molecule has 2 atom stereocenters. The van der Waals surface area contributed by atoms with Crippen molar-refractivity contribution in [3.05, 3.63) is 35.6 Å². The average Bonchev–Trinajstić information content (AvgIpc) is 3.00. The lowest BCUT2D eigenvalue weighted by Gasteiger charge is -2.26. The van der Waals surface area contributed by atoms with Crippen molar-refractivity contribution in [1.29, 1.82) is 0 Å². The second kappa shape index (κ2) is 6.02. The predicted octanol–water partition coefficient (Wildman–Crippen LogP) is 0.485. The highest BCUT2D eigenvalue weighted by atomic mass is 19.1. The van der Waals surface area contributed by atoms with Crippen LogP contribution in [0.15, 0.2) is 24.3 Å². The summed E-state index contributed by atoms with van der Waals surface area (Å²) in [5.41, 5.74) is 0.800. The van der Waals surface area contributed by atoms with Gasteiger partial charge in [-0.25, -0.2) is 9.18 Å². The molecule has 0 spiro atoms. The molecule has 3 rings (SSSR count). The van der Waals surface area contributed by atoms with Crippen molar-refractivity contribution in [2.45, 2.75) is 18.6 Å². The first-order valence-corrected chi connectivity index (χ1v) is 7.30. The van der Waals surface area contributed by atoms with Crippen LogP contribution in [0, 0.1) is 5.82 Å². The third kappa shape index (κ3) is 2.95. The summed E-state index contributed by atoms with van der Waals surface area (Å²) in [7, 11) is 0. The first-order valence-electron chi connectivity index (χ1n) is 7.30. The molecule has 2 heterocycles. The summed E-state index contributed by atoms with van der Waals surface area (Å²) >= 11 is 0. The van der Waals surface area contributed by atoms with Gasteiger partial charge in [0.2, 0.25) is 5.91 Å². The number of nitrogens with zero attached hydrogens (tertiary/aromatic N) is 2. The number of imide groups is 1. The molecule has 2 fully saturated rings. The van der Waals surface area contributed by atoms with Gasteiger partial charge in [-0.15, -0.1) is 0 Å². The maximum atomic E-state index is 13.4. The Kier molecular flexibility index (Phi) is 4.08. The fourth-order valence-electron chi connectivity index (χ4n) is 3.10. The molecule has 0 aliphatic carbocycles. The summed E-state index contributed by atoms with van der Waals surface area (Å²) < 4.78 is 13.4. The van der Waals surface area contributed by atoms with Gasteiger partial charge >= 0.3 is 6.03 Å². The van der Waals surface area contributed by atoms with Crippen molar-refractivity contribution >= 4 is 11.9 Å². The monoisotopic (exact) mass is 307 g/mol. The van der Waals surface area contributed by atoms with Crippen LogP contribution in [0.25, 0.3) is 0 Å². The molecule has 0 radical (unpaired) electrons. The molecule has 22 heavy (non-hydrogen) atoms. The van der Waals surface area contributed by atoms with E-state index >= 15 is 0 Å². The van der Waals surface area contributed by atoms with Gasteiger partial charge in [-0.1, -0.05) is 12.1 Å². The van der Waals surface area contributed by atoms with E-state index in [1.807, 2.05) is 11.0 Å². The molecule has 118 valence electrons. The summed E-state index contributed by atoms with van der Waals surface area (Å²) in [6.07, 6.45) is 0.0280. The number of hydrogen-bond donors (Lipinski definition) is 2. The van der Waals surface area contributed by atoms with Crippen LogP contribution in [0.2, 0.25) is 0 Å².